The minimum atomic E-state index is -0.0806. The van der Waals surface area contributed by atoms with Crippen LogP contribution in [0.3, 0.4) is 0 Å². The van der Waals surface area contributed by atoms with E-state index in [-0.39, 0.29) is 17.4 Å². The lowest BCUT2D eigenvalue weighted by Crippen LogP contribution is -2.45. The van der Waals surface area contributed by atoms with Crippen molar-refractivity contribution in [3.8, 4) is 0 Å². The Morgan fingerprint density at radius 1 is 1.64 bits per heavy atom. The molecular formula is C10H20N2O2. The van der Waals surface area contributed by atoms with E-state index in [0.29, 0.717) is 6.61 Å². The Bertz CT molecular complexity index is 204. The first-order chi connectivity index (χ1) is 6.58. The molecule has 1 amide bonds. The predicted octanol–water partition coefficient (Wildman–Crippen LogP) is 0.137. The maximum atomic E-state index is 11.4. The summed E-state index contributed by atoms with van der Waals surface area (Å²) < 4.78 is 5.20. The van der Waals surface area contributed by atoms with Gasteiger partial charge in [0.1, 0.15) is 0 Å². The van der Waals surface area contributed by atoms with E-state index in [4.69, 9.17) is 4.74 Å². The molecule has 2 N–H and O–H groups in total. The minimum Gasteiger partial charge on any atom is -0.380 e. The normalized spacial score (nSPS) is 25.1. The second kappa shape index (κ2) is 4.75. The van der Waals surface area contributed by atoms with E-state index in [1.165, 1.54) is 0 Å². The molecule has 1 aliphatic heterocycles. The minimum absolute atomic E-state index is 0.00327. The zero-order valence-corrected chi connectivity index (χ0v) is 9.22. The van der Waals surface area contributed by atoms with Crippen LogP contribution in [0, 0.1) is 5.41 Å². The van der Waals surface area contributed by atoms with Crippen molar-refractivity contribution < 1.29 is 9.53 Å². The van der Waals surface area contributed by atoms with Gasteiger partial charge in [0.05, 0.1) is 12.6 Å². The molecule has 0 spiro atoms. The molecule has 1 aliphatic rings. The summed E-state index contributed by atoms with van der Waals surface area (Å²) in [6.45, 7) is 9.00. The van der Waals surface area contributed by atoms with Gasteiger partial charge in [-0.05, 0) is 6.92 Å². The Balaban J connectivity index is 2.31. The van der Waals surface area contributed by atoms with E-state index >= 15 is 0 Å². The molecule has 14 heavy (non-hydrogen) atoms. The van der Waals surface area contributed by atoms with Gasteiger partial charge in [-0.2, -0.15) is 0 Å². The summed E-state index contributed by atoms with van der Waals surface area (Å²) in [5.41, 5.74) is 0.00327. The fraction of sp³-hybridized carbons (Fsp3) is 0.900. The molecule has 0 aromatic carbocycles. The molecular weight excluding hydrogens is 180 g/mol. The van der Waals surface area contributed by atoms with Crippen molar-refractivity contribution in [3.05, 3.63) is 0 Å². The Morgan fingerprint density at radius 2 is 2.36 bits per heavy atom. The second-order valence-corrected chi connectivity index (χ2v) is 4.29. The molecule has 0 bridgehead atoms. The highest BCUT2D eigenvalue weighted by Gasteiger charge is 2.40. The summed E-state index contributed by atoms with van der Waals surface area (Å²) in [5, 5.41) is 6.08. The van der Waals surface area contributed by atoms with Crippen molar-refractivity contribution in [1.82, 2.24) is 10.6 Å². The van der Waals surface area contributed by atoms with Crippen LogP contribution in [0.5, 0.6) is 0 Å². The molecule has 1 unspecified atom stereocenters. The summed E-state index contributed by atoms with van der Waals surface area (Å²) in [7, 11) is 0. The van der Waals surface area contributed by atoms with Crippen LogP contribution in [0.25, 0.3) is 0 Å². The lowest BCUT2D eigenvalue weighted by molar-refractivity contribution is -0.121. The first-order valence-corrected chi connectivity index (χ1v) is 5.17. The topological polar surface area (TPSA) is 50.4 Å². The van der Waals surface area contributed by atoms with Gasteiger partial charge in [0.15, 0.2) is 0 Å². The average Bonchev–Trinajstić information content (AvgIpc) is 2.38. The van der Waals surface area contributed by atoms with Crippen LogP contribution in [0.4, 0.5) is 0 Å². The van der Waals surface area contributed by atoms with Gasteiger partial charge in [-0.3, -0.25) is 4.79 Å². The van der Waals surface area contributed by atoms with Crippen molar-refractivity contribution in [2.45, 2.75) is 26.8 Å². The molecule has 1 saturated heterocycles. The molecule has 4 nitrogen and oxygen atoms in total. The lowest BCUT2D eigenvalue weighted by atomic mass is 9.87. The van der Waals surface area contributed by atoms with Crippen LogP contribution in [0.1, 0.15) is 20.8 Å². The first kappa shape index (κ1) is 11.5. The molecule has 0 radical (unpaired) electrons. The summed E-state index contributed by atoms with van der Waals surface area (Å²) in [6.07, 6.45) is 0. The number of carbonyl (C=O) groups is 1. The Kier molecular flexibility index (Phi) is 3.89. The maximum Gasteiger partial charge on any atom is 0.237 e. The molecule has 1 atom stereocenters. The van der Waals surface area contributed by atoms with Crippen LogP contribution in [0.15, 0.2) is 0 Å². The van der Waals surface area contributed by atoms with Crippen molar-refractivity contribution in [2.75, 3.05) is 26.3 Å². The van der Waals surface area contributed by atoms with Gasteiger partial charge in [-0.1, -0.05) is 13.8 Å². The number of hydrogen-bond donors (Lipinski definition) is 2. The van der Waals surface area contributed by atoms with E-state index in [1.807, 2.05) is 6.92 Å². The van der Waals surface area contributed by atoms with Gasteiger partial charge in [-0.25, -0.2) is 0 Å². The lowest BCUT2D eigenvalue weighted by Gasteiger charge is -2.24. The highest BCUT2D eigenvalue weighted by atomic mass is 16.5. The number of rotatable bonds is 5. The quantitative estimate of drug-likeness (QED) is 0.621. The largest absolute Gasteiger partial charge is 0.380 e. The standard InChI is InChI=1S/C10H20N2O2/c1-4-14-6-5-11-8-9(13)12-7-10(8,2)3/h8,11H,4-7H2,1-3H3,(H,12,13). The Labute approximate surface area is 85.4 Å². The summed E-state index contributed by atoms with van der Waals surface area (Å²) >= 11 is 0. The van der Waals surface area contributed by atoms with Gasteiger partial charge >= 0.3 is 0 Å². The molecule has 1 fully saturated rings. The number of carbonyl (C=O) groups excluding carboxylic acids is 1. The van der Waals surface area contributed by atoms with Gasteiger partial charge in [0.25, 0.3) is 0 Å². The van der Waals surface area contributed by atoms with E-state index in [9.17, 15) is 4.79 Å². The third kappa shape index (κ3) is 2.69. The van der Waals surface area contributed by atoms with E-state index < -0.39 is 0 Å². The molecule has 1 heterocycles. The zero-order chi connectivity index (χ0) is 10.6. The highest BCUT2D eigenvalue weighted by Crippen LogP contribution is 2.24. The number of ether oxygens (including phenoxy) is 1. The van der Waals surface area contributed by atoms with Gasteiger partial charge in [-0.15, -0.1) is 0 Å². The Morgan fingerprint density at radius 3 is 2.86 bits per heavy atom. The molecule has 0 saturated carbocycles. The summed E-state index contributed by atoms with van der Waals surface area (Å²) in [5.74, 6) is 0.103. The van der Waals surface area contributed by atoms with Crippen LogP contribution in [0.2, 0.25) is 0 Å². The van der Waals surface area contributed by atoms with Crippen LogP contribution >= 0.6 is 0 Å². The molecule has 4 heteroatoms. The fourth-order valence-corrected chi connectivity index (χ4v) is 1.66. The third-order valence-corrected chi connectivity index (χ3v) is 2.56. The second-order valence-electron chi connectivity index (χ2n) is 4.29. The predicted molar refractivity (Wildman–Crippen MR) is 55.1 cm³/mol. The monoisotopic (exact) mass is 200 g/mol. The maximum absolute atomic E-state index is 11.4. The van der Waals surface area contributed by atoms with Crippen LogP contribution < -0.4 is 10.6 Å². The van der Waals surface area contributed by atoms with Gasteiger partial charge < -0.3 is 15.4 Å². The average molecular weight is 200 g/mol. The molecule has 0 aromatic heterocycles. The number of nitrogens with one attached hydrogen (secondary N) is 2. The summed E-state index contributed by atoms with van der Waals surface area (Å²) in [6, 6.07) is -0.0806. The van der Waals surface area contributed by atoms with Gasteiger partial charge in [0.2, 0.25) is 5.91 Å². The molecule has 82 valence electrons. The Hall–Kier alpha value is -0.610. The number of amides is 1. The van der Waals surface area contributed by atoms with Crippen molar-refractivity contribution in [2.24, 2.45) is 5.41 Å². The smallest absolute Gasteiger partial charge is 0.237 e. The zero-order valence-electron chi connectivity index (χ0n) is 9.22. The SMILES string of the molecule is CCOCCNC1C(=O)NCC1(C)C. The van der Waals surface area contributed by atoms with Crippen molar-refractivity contribution in [1.29, 1.82) is 0 Å². The van der Waals surface area contributed by atoms with Crippen molar-refractivity contribution in [3.63, 3.8) is 0 Å². The number of hydrogen-bond acceptors (Lipinski definition) is 3. The highest BCUT2D eigenvalue weighted by molar-refractivity contribution is 5.85. The molecule has 0 aromatic rings. The molecule has 1 rings (SSSR count). The van der Waals surface area contributed by atoms with E-state index in [2.05, 4.69) is 24.5 Å². The third-order valence-electron chi connectivity index (χ3n) is 2.56. The first-order valence-electron chi connectivity index (χ1n) is 5.17. The molecule has 0 aliphatic carbocycles. The van der Waals surface area contributed by atoms with Gasteiger partial charge in [0, 0.05) is 25.1 Å². The van der Waals surface area contributed by atoms with Crippen LogP contribution in [-0.2, 0) is 9.53 Å². The fourth-order valence-electron chi connectivity index (χ4n) is 1.66. The van der Waals surface area contributed by atoms with E-state index in [0.717, 1.165) is 19.7 Å². The van der Waals surface area contributed by atoms with Crippen LogP contribution in [-0.4, -0.2) is 38.3 Å². The van der Waals surface area contributed by atoms with E-state index in [1.54, 1.807) is 0 Å². The van der Waals surface area contributed by atoms with Crippen molar-refractivity contribution >= 4 is 5.91 Å². The summed E-state index contributed by atoms with van der Waals surface area (Å²) in [4.78, 5) is 11.4.